The van der Waals surface area contributed by atoms with Gasteiger partial charge in [-0.3, -0.25) is 0 Å². The molecule has 0 unspecified atom stereocenters. The minimum Gasteiger partial charge on any atom is -0.497 e. The van der Waals surface area contributed by atoms with Crippen molar-refractivity contribution in [1.82, 2.24) is 0 Å². The molecule has 0 saturated carbocycles. The van der Waals surface area contributed by atoms with Gasteiger partial charge in [-0.25, -0.2) is 0 Å². The molecule has 0 amide bonds. The van der Waals surface area contributed by atoms with Crippen molar-refractivity contribution in [2.45, 2.75) is 6.42 Å². The maximum Gasteiger partial charge on any atom is 0.140 e. The van der Waals surface area contributed by atoms with Crippen molar-refractivity contribution in [2.24, 2.45) is 0 Å². The molecule has 4 heteroatoms. The number of allylic oxidation sites excluding steroid dienone is 1. The van der Waals surface area contributed by atoms with Gasteiger partial charge in [0.25, 0.3) is 0 Å². The zero-order valence-corrected chi connectivity index (χ0v) is 13.1. The van der Waals surface area contributed by atoms with Crippen molar-refractivity contribution in [1.29, 1.82) is 5.26 Å². The minimum atomic E-state index is 0.338. The van der Waals surface area contributed by atoms with Gasteiger partial charge in [-0.2, -0.15) is 5.26 Å². The van der Waals surface area contributed by atoms with E-state index in [0.29, 0.717) is 30.3 Å². The van der Waals surface area contributed by atoms with Crippen molar-refractivity contribution in [3.63, 3.8) is 0 Å². The second-order valence-electron chi connectivity index (χ2n) is 4.77. The van der Waals surface area contributed by atoms with E-state index in [1.165, 1.54) is 0 Å². The summed E-state index contributed by atoms with van der Waals surface area (Å²) in [5, 5.41) is 9.10. The number of ether oxygens (including phenoxy) is 3. The van der Waals surface area contributed by atoms with E-state index in [0.717, 1.165) is 17.7 Å². The van der Waals surface area contributed by atoms with Gasteiger partial charge in [0.05, 0.1) is 12.7 Å². The second-order valence-corrected chi connectivity index (χ2v) is 4.77. The predicted octanol–water partition coefficient (Wildman–Crippen LogP) is 3.75. The number of hydrogen-bond acceptors (Lipinski definition) is 4. The van der Waals surface area contributed by atoms with E-state index in [4.69, 9.17) is 19.5 Å². The monoisotopic (exact) mass is 309 g/mol. The van der Waals surface area contributed by atoms with Crippen molar-refractivity contribution >= 4 is 0 Å². The van der Waals surface area contributed by atoms with Crippen LogP contribution in [-0.4, -0.2) is 20.3 Å². The summed E-state index contributed by atoms with van der Waals surface area (Å²) in [7, 11) is 1.57. The molecule has 0 N–H and O–H groups in total. The highest BCUT2D eigenvalue weighted by Gasteiger charge is 2.06. The quantitative estimate of drug-likeness (QED) is 0.550. The molecule has 0 spiro atoms. The fourth-order valence-corrected chi connectivity index (χ4v) is 2.11. The lowest BCUT2D eigenvalue weighted by molar-refractivity contribution is 0.215. The Labute approximate surface area is 136 Å². The summed E-state index contributed by atoms with van der Waals surface area (Å²) in [4.78, 5) is 0. The van der Waals surface area contributed by atoms with Crippen LogP contribution in [0.5, 0.6) is 17.2 Å². The molecule has 0 radical (unpaired) electrons. The SMILES string of the molecule is C=CCc1ccccc1OCCOc1cc(OC)ccc1C#N. The topological polar surface area (TPSA) is 51.5 Å². The molecule has 0 heterocycles. The highest BCUT2D eigenvalue weighted by molar-refractivity contribution is 5.47. The average Bonchev–Trinajstić information content (AvgIpc) is 2.60. The van der Waals surface area contributed by atoms with Gasteiger partial charge in [-0.05, 0) is 30.2 Å². The Morgan fingerprint density at radius 2 is 1.83 bits per heavy atom. The van der Waals surface area contributed by atoms with E-state index in [-0.39, 0.29) is 0 Å². The number of nitrogens with zero attached hydrogens (tertiary/aromatic N) is 1. The Balaban J connectivity index is 1.93. The van der Waals surface area contributed by atoms with E-state index in [1.807, 2.05) is 30.3 Å². The molecular formula is C19H19NO3. The fraction of sp³-hybridized carbons (Fsp3) is 0.211. The van der Waals surface area contributed by atoms with Gasteiger partial charge in [0.15, 0.2) is 0 Å². The van der Waals surface area contributed by atoms with Crippen LogP contribution in [-0.2, 0) is 6.42 Å². The third-order valence-electron chi connectivity index (χ3n) is 3.24. The van der Waals surface area contributed by atoms with Crippen molar-refractivity contribution < 1.29 is 14.2 Å². The average molecular weight is 309 g/mol. The van der Waals surface area contributed by atoms with Gasteiger partial charge in [-0.1, -0.05) is 24.3 Å². The molecule has 0 fully saturated rings. The van der Waals surface area contributed by atoms with Gasteiger partial charge in [0.2, 0.25) is 0 Å². The summed E-state index contributed by atoms with van der Waals surface area (Å²) in [5.41, 5.74) is 1.56. The van der Waals surface area contributed by atoms with Crippen LogP contribution in [0.15, 0.2) is 55.1 Å². The van der Waals surface area contributed by atoms with E-state index in [2.05, 4.69) is 12.6 Å². The molecule has 2 aromatic rings. The molecule has 2 aromatic carbocycles. The van der Waals surface area contributed by atoms with E-state index in [1.54, 1.807) is 25.3 Å². The van der Waals surface area contributed by atoms with Crippen LogP contribution in [0, 0.1) is 11.3 Å². The normalized spacial score (nSPS) is 9.74. The molecule has 118 valence electrons. The number of methoxy groups -OCH3 is 1. The summed E-state index contributed by atoms with van der Waals surface area (Å²) in [5.74, 6) is 1.97. The second kappa shape index (κ2) is 8.50. The highest BCUT2D eigenvalue weighted by Crippen LogP contribution is 2.24. The van der Waals surface area contributed by atoms with Gasteiger partial charge in [0, 0.05) is 6.07 Å². The van der Waals surface area contributed by atoms with Crippen molar-refractivity contribution in [3.05, 3.63) is 66.2 Å². The lowest BCUT2D eigenvalue weighted by atomic mass is 10.1. The maximum atomic E-state index is 9.10. The molecule has 0 atom stereocenters. The molecule has 0 aliphatic heterocycles. The van der Waals surface area contributed by atoms with Crippen LogP contribution in [0.4, 0.5) is 0 Å². The molecule has 0 aromatic heterocycles. The van der Waals surface area contributed by atoms with Crippen LogP contribution in [0.25, 0.3) is 0 Å². The number of para-hydroxylation sites is 1. The Morgan fingerprint density at radius 1 is 1.09 bits per heavy atom. The number of benzene rings is 2. The zero-order chi connectivity index (χ0) is 16.5. The molecule has 0 saturated heterocycles. The van der Waals surface area contributed by atoms with E-state index >= 15 is 0 Å². The summed E-state index contributed by atoms with van der Waals surface area (Å²) >= 11 is 0. The van der Waals surface area contributed by atoms with E-state index in [9.17, 15) is 0 Å². The highest BCUT2D eigenvalue weighted by atomic mass is 16.5. The largest absolute Gasteiger partial charge is 0.497 e. The first kappa shape index (κ1) is 16.4. The Bertz CT molecular complexity index is 704. The Morgan fingerprint density at radius 3 is 2.52 bits per heavy atom. The maximum absolute atomic E-state index is 9.10. The van der Waals surface area contributed by atoms with Crippen molar-refractivity contribution in [2.75, 3.05) is 20.3 Å². The summed E-state index contributed by atoms with van der Waals surface area (Å²) in [6.07, 6.45) is 2.60. The number of rotatable bonds is 8. The van der Waals surface area contributed by atoms with Gasteiger partial charge in [-0.15, -0.1) is 6.58 Å². The summed E-state index contributed by atoms with van der Waals surface area (Å²) < 4.78 is 16.5. The first-order chi connectivity index (χ1) is 11.3. The molecule has 0 aliphatic carbocycles. The first-order valence-corrected chi connectivity index (χ1v) is 7.31. The van der Waals surface area contributed by atoms with Gasteiger partial charge < -0.3 is 14.2 Å². The smallest absolute Gasteiger partial charge is 0.140 e. The first-order valence-electron chi connectivity index (χ1n) is 7.31. The summed E-state index contributed by atoms with van der Waals surface area (Å²) in [6, 6.07) is 15.0. The van der Waals surface area contributed by atoms with E-state index < -0.39 is 0 Å². The lowest BCUT2D eigenvalue weighted by Crippen LogP contribution is -2.10. The predicted molar refractivity (Wildman–Crippen MR) is 89.0 cm³/mol. The Kier molecular flexibility index (Phi) is 6.07. The number of hydrogen-bond donors (Lipinski definition) is 0. The standard InChI is InChI=1S/C19H19NO3/c1-3-6-15-7-4-5-8-18(15)22-11-12-23-19-13-17(21-2)10-9-16(19)14-20/h3-5,7-10,13H,1,6,11-12H2,2H3. The fourth-order valence-electron chi connectivity index (χ4n) is 2.11. The molecular weight excluding hydrogens is 290 g/mol. The summed E-state index contributed by atoms with van der Waals surface area (Å²) in [6.45, 7) is 4.47. The van der Waals surface area contributed by atoms with Crippen LogP contribution in [0.2, 0.25) is 0 Å². The van der Waals surface area contributed by atoms with Crippen LogP contribution >= 0.6 is 0 Å². The molecule has 23 heavy (non-hydrogen) atoms. The van der Waals surface area contributed by atoms with Gasteiger partial charge >= 0.3 is 0 Å². The molecule has 4 nitrogen and oxygen atoms in total. The minimum absolute atomic E-state index is 0.338. The molecule has 0 bridgehead atoms. The Hall–Kier alpha value is -2.93. The lowest BCUT2D eigenvalue weighted by Gasteiger charge is -2.12. The van der Waals surface area contributed by atoms with Crippen LogP contribution in [0.3, 0.4) is 0 Å². The molecule has 2 rings (SSSR count). The van der Waals surface area contributed by atoms with Crippen LogP contribution < -0.4 is 14.2 Å². The van der Waals surface area contributed by atoms with Crippen LogP contribution in [0.1, 0.15) is 11.1 Å². The third-order valence-corrected chi connectivity index (χ3v) is 3.24. The van der Waals surface area contributed by atoms with Gasteiger partial charge in [0.1, 0.15) is 36.5 Å². The molecule has 0 aliphatic rings. The third kappa shape index (κ3) is 4.52. The number of nitriles is 1. The zero-order valence-electron chi connectivity index (χ0n) is 13.1. The van der Waals surface area contributed by atoms with Crippen molar-refractivity contribution in [3.8, 4) is 23.3 Å².